The summed E-state index contributed by atoms with van der Waals surface area (Å²) in [4.78, 5) is 49.2. The van der Waals surface area contributed by atoms with Gasteiger partial charge in [-0.1, -0.05) is 24.3 Å². The highest BCUT2D eigenvalue weighted by molar-refractivity contribution is 6.00. The number of nitro benzene ring substituents is 1. The number of phenols is 1. The molecule has 3 rings (SSSR count). The number of nitrogens with one attached hydrogen (secondary N) is 2. The molecule has 37 heavy (non-hydrogen) atoms. The van der Waals surface area contributed by atoms with Crippen LogP contribution in [0.5, 0.6) is 5.75 Å². The number of nitrogens with zero attached hydrogens (tertiary/aromatic N) is 1. The SMILES string of the molecule is CCOC(=O)C1=C(C)NC(C)=C(C(=O)OCCNC(=O)c2ccccc2O)C1c1cccc([N+](=O)[O-])c1. The minimum Gasteiger partial charge on any atom is -0.507 e. The molecule has 0 aromatic heterocycles. The molecule has 0 saturated heterocycles. The molecule has 1 atom stereocenters. The zero-order chi connectivity index (χ0) is 27.1. The van der Waals surface area contributed by atoms with Gasteiger partial charge in [-0.05, 0) is 38.5 Å². The first-order valence-corrected chi connectivity index (χ1v) is 11.5. The lowest BCUT2D eigenvalue weighted by molar-refractivity contribution is -0.384. The molecule has 11 heteroatoms. The lowest BCUT2D eigenvalue weighted by atomic mass is 9.80. The first kappa shape index (κ1) is 26.9. The highest BCUT2D eigenvalue weighted by Crippen LogP contribution is 2.40. The number of allylic oxidation sites excluding steroid dienone is 2. The Hall–Kier alpha value is -4.67. The van der Waals surface area contributed by atoms with E-state index in [4.69, 9.17) is 9.47 Å². The van der Waals surface area contributed by atoms with Crippen molar-refractivity contribution in [3.05, 3.63) is 92.3 Å². The van der Waals surface area contributed by atoms with E-state index in [1.165, 1.54) is 30.3 Å². The third-order valence-electron chi connectivity index (χ3n) is 5.66. The number of benzene rings is 2. The Morgan fingerprint density at radius 3 is 2.30 bits per heavy atom. The van der Waals surface area contributed by atoms with Gasteiger partial charge in [-0.25, -0.2) is 9.59 Å². The minimum atomic E-state index is -0.983. The molecule has 0 bridgehead atoms. The number of ether oxygens (including phenoxy) is 2. The number of carbonyl (C=O) groups is 3. The zero-order valence-electron chi connectivity index (χ0n) is 20.6. The molecule has 1 aliphatic heterocycles. The summed E-state index contributed by atoms with van der Waals surface area (Å²) in [6.45, 7) is 4.78. The number of aromatic hydroxyl groups is 1. The number of carbonyl (C=O) groups excluding carboxylic acids is 3. The smallest absolute Gasteiger partial charge is 0.336 e. The number of esters is 2. The molecule has 1 aliphatic rings. The summed E-state index contributed by atoms with van der Waals surface area (Å²) in [6, 6.07) is 11.7. The highest BCUT2D eigenvalue weighted by atomic mass is 16.6. The van der Waals surface area contributed by atoms with Gasteiger partial charge in [-0.15, -0.1) is 0 Å². The van der Waals surface area contributed by atoms with E-state index in [0.29, 0.717) is 17.0 Å². The van der Waals surface area contributed by atoms with E-state index in [1.54, 1.807) is 39.0 Å². The monoisotopic (exact) mass is 509 g/mol. The van der Waals surface area contributed by atoms with Crippen molar-refractivity contribution < 1.29 is 33.9 Å². The Bertz CT molecular complexity index is 1300. The fraction of sp³-hybridized carbons (Fsp3) is 0.269. The maximum atomic E-state index is 13.2. The molecule has 194 valence electrons. The van der Waals surface area contributed by atoms with E-state index in [-0.39, 0.29) is 47.9 Å². The van der Waals surface area contributed by atoms with Crippen molar-refractivity contribution in [2.24, 2.45) is 0 Å². The Morgan fingerprint density at radius 1 is 1.03 bits per heavy atom. The van der Waals surface area contributed by atoms with Crippen molar-refractivity contribution in [3.8, 4) is 5.75 Å². The number of para-hydroxylation sites is 1. The van der Waals surface area contributed by atoms with Crippen molar-refractivity contribution in [1.29, 1.82) is 0 Å². The summed E-state index contributed by atoms with van der Waals surface area (Å²) in [5, 5.41) is 26.7. The third kappa shape index (κ3) is 6.13. The molecule has 0 fully saturated rings. The molecular formula is C26H27N3O8. The van der Waals surface area contributed by atoms with Gasteiger partial charge in [-0.3, -0.25) is 14.9 Å². The van der Waals surface area contributed by atoms with Crippen LogP contribution in [-0.2, 0) is 19.1 Å². The number of amides is 1. The van der Waals surface area contributed by atoms with E-state index in [9.17, 15) is 29.6 Å². The molecule has 0 radical (unpaired) electrons. The second-order valence-corrected chi connectivity index (χ2v) is 8.12. The minimum absolute atomic E-state index is 0.0419. The molecule has 1 unspecified atom stereocenters. The molecule has 1 heterocycles. The zero-order valence-corrected chi connectivity index (χ0v) is 20.6. The molecule has 0 aliphatic carbocycles. The topological polar surface area (TPSA) is 157 Å². The summed E-state index contributed by atoms with van der Waals surface area (Å²) in [6.07, 6.45) is 0. The standard InChI is InChI=1S/C26H27N3O8/c1-4-36-25(32)21-15(2)28-16(3)22(23(21)17-8-7-9-18(14-17)29(34)35)26(33)37-13-12-27-24(31)19-10-5-6-11-20(19)30/h5-11,14,23,28,30H,4,12-13H2,1-3H3,(H,27,31). The van der Waals surface area contributed by atoms with Gasteiger partial charge < -0.3 is 25.2 Å². The van der Waals surface area contributed by atoms with Crippen LogP contribution < -0.4 is 10.6 Å². The molecule has 2 aromatic carbocycles. The predicted octanol–water partition coefficient (Wildman–Crippen LogP) is 3.07. The first-order chi connectivity index (χ1) is 17.6. The van der Waals surface area contributed by atoms with Gasteiger partial charge >= 0.3 is 11.9 Å². The molecule has 3 N–H and O–H groups in total. The first-order valence-electron chi connectivity index (χ1n) is 11.5. The second kappa shape index (κ2) is 11.8. The number of rotatable bonds is 9. The summed E-state index contributed by atoms with van der Waals surface area (Å²) >= 11 is 0. The molecule has 0 spiro atoms. The summed E-state index contributed by atoms with van der Waals surface area (Å²) in [5.41, 5.74) is 1.29. The second-order valence-electron chi connectivity index (χ2n) is 8.12. The lowest BCUT2D eigenvalue weighted by Crippen LogP contribution is -2.33. The third-order valence-corrected chi connectivity index (χ3v) is 5.66. The Morgan fingerprint density at radius 2 is 1.68 bits per heavy atom. The number of hydrogen-bond acceptors (Lipinski definition) is 9. The normalized spacial score (nSPS) is 15.1. The molecule has 0 saturated carbocycles. The van der Waals surface area contributed by atoms with Gasteiger partial charge in [0.15, 0.2) is 0 Å². The fourth-order valence-corrected chi connectivity index (χ4v) is 4.04. The maximum Gasteiger partial charge on any atom is 0.336 e. The Labute approximate surface area is 212 Å². The number of non-ortho nitro benzene ring substituents is 1. The maximum absolute atomic E-state index is 13.2. The molecular weight excluding hydrogens is 482 g/mol. The van der Waals surface area contributed by atoms with Crippen LogP contribution in [0.2, 0.25) is 0 Å². The van der Waals surface area contributed by atoms with Crippen LogP contribution in [0.15, 0.2) is 71.1 Å². The summed E-state index contributed by atoms with van der Waals surface area (Å²) < 4.78 is 10.6. The van der Waals surface area contributed by atoms with E-state index in [1.807, 2.05) is 0 Å². The molecule has 11 nitrogen and oxygen atoms in total. The highest BCUT2D eigenvalue weighted by Gasteiger charge is 2.38. The van der Waals surface area contributed by atoms with E-state index >= 15 is 0 Å². The van der Waals surface area contributed by atoms with Crippen LogP contribution >= 0.6 is 0 Å². The van der Waals surface area contributed by atoms with Crippen molar-refractivity contribution in [2.75, 3.05) is 19.8 Å². The average molecular weight is 510 g/mol. The summed E-state index contributed by atoms with van der Waals surface area (Å²) in [5.74, 6) is -3.14. The van der Waals surface area contributed by atoms with Gasteiger partial charge in [0.1, 0.15) is 12.4 Å². The Kier molecular flexibility index (Phi) is 8.62. The van der Waals surface area contributed by atoms with Gasteiger partial charge in [0.05, 0.1) is 40.7 Å². The predicted molar refractivity (Wildman–Crippen MR) is 132 cm³/mol. The number of hydrogen-bond donors (Lipinski definition) is 3. The summed E-state index contributed by atoms with van der Waals surface area (Å²) in [7, 11) is 0. The van der Waals surface area contributed by atoms with Gasteiger partial charge in [0, 0.05) is 23.5 Å². The van der Waals surface area contributed by atoms with E-state index in [0.717, 1.165) is 0 Å². The van der Waals surface area contributed by atoms with Crippen LogP contribution in [0.3, 0.4) is 0 Å². The Balaban J connectivity index is 1.84. The van der Waals surface area contributed by atoms with Crippen molar-refractivity contribution in [3.63, 3.8) is 0 Å². The largest absolute Gasteiger partial charge is 0.507 e. The average Bonchev–Trinajstić information content (AvgIpc) is 2.86. The lowest BCUT2D eigenvalue weighted by Gasteiger charge is -2.30. The van der Waals surface area contributed by atoms with Crippen molar-refractivity contribution >= 4 is 23.5 Å². The molecule has 2 aromatic rings. The number of phenolic OH excluding ortho intramolecular Hbond substituents is 1. The quantitative estimate of drug-likeness (QED) is 0.200. The van der Waals surface area contributed by atoms with Crippen LogP contribution in [0.1, 0.15) is 42.6 Å². The van der Waals surface area contributed by atoms with Crippen molar-refractivity contribution in [2.45, 2.75) is 26.7 Å². The van der Waals surface area contributed by atoms with Gasteiger partial charge in [-0.2, -0.15) is 0 Å². The van der Waals surface area contributed by atoms with Gasteiger partial charge in [0.2, 0.25) is 0 Å². The number of dihydropyridines is 1. The van der Waals surface area contributed by atoms with E-state index in [2.05, 4.69) is 10.6 Å². The van der Waals surface area contributed by atoms with Crippen LogP contribution in [0.4, 0.5) is 5.69 Å². The molecule has 1 amide bonds. The van der Waals surface area contributed by atoms with Crippen LogP contribution in [0, 0.1) is 10.1 Å². The van der Waals surface area contributed by atoms with Crippen LogP contribution in [0.25, 0.3) is 0 Å². The van der Waals surface area contributed by atoms with Crippen molar-refractivity contribution in [1.82, 2.24) is 10.6 Å². The fourth-order valence-electron chi connectivity index (χ4n) is 4.04. The van der Waals surface area contributed by atoms with E-state index < -0.39 is 28.7 Å². The van der Waals surface area contributed by atoms with Crippen LogP contribution in [-0.4, -0.2) is 47.6 Å². The number of nitro groups is 1. The van der Waals surface area contributed by atoms with Gasteiger partial charge in [0.25, 0.3) is 11.6 Å².